The molecule has 1 fully saturated rings. The summed E-state index contributed by atoms with van der Waals surface area (Å²) in [6.45, 7) is 8.91. The summed E-state index contributed by atoms with van der Waals surface area (Å²) >= 11 is 6.52. The predicted octanol–water partition coefficient (Wildman–Crippen LogP) is 6.69. The largest absolute Gasteiger partial charge is 0.495 e. The van der Waals surface area contributed by atoms with Crippen LogP contribution in [0, 0.1) is 0 Å². The summed E-state index contributed by atoms with van der Waals surface area (Å²) < 4.78 is 19.2. The Morgan fingerprint density at radius 3 is 2.55 bits per heavy atom. The number of ether oxygens (including phenoxy) is 3. The third kappa shape index (κ3) is 6.45. The third-order valence-corrected chi connectivity index (χ3v) is 7.02. The van der Waals surface area contributed by atoms with Gasteiger partial charge in [-0.2, -0.15) is 0 Å². The molecule has 1 amide bonds. The number of carbonyl (C=O) groups is 1. The van der Waals surface area contributed by atoms with Crippen molar-refractivity contribution in [2.45, 2.75) is 39.4 Å². The van der Waals surface area contributed by atoms with Gasteiger partial charge in [-0.25, -0.2) is 9.78 Å². The van der Waals surface area contributed by atoms with Crippen molar-refractivity contribution in [1.29, 1.82) is 0 Å². The monoisotopic (exact) mass is 562 g/mol. The van der Waals surface area contributed by atoms with Crippen molar-refractivity contribution in [3.63, 3.8) is 0 Å². The number of hydrogen-bond acceptors (Lipinski definition) is 6. The first kappa shape index (κ1) is 27.6. The summed E-state index contributed by atoms with van der Waals surface area (Å²) in [7, 11) is 1.59. The minimum Gasteiger partial charge on any atom is -0.495 e. The number of imidazole rings is 1. The number of hydrogen-bond donors (Lipinski definition) is 0. The summed E-state index contributed by atoms with van der Waals surface area (Å²) in [5.74, 6) is 1.18. The topological polar surface area (TPSA) is 68.5 Å². The van der Waals surface area contributed by atoms with Gasteiger partial charge in [-0.3, -0.25) is 0 Å². The number of carbonyl (C=O) groups excluding carboxylic acids is 1. The fraction of sp³-hybridized carbons (Fsp3) is 0.355. The van der Waals surface area contributed by atoms with Gasteiger partial charge in [0.25, 0.3) is 0 Å². The maximum atomic E-state index is 12.6. The Balaban J connectivity index is 1.37. The maximum Gasteiger partial charge on any atom is 0.410 e. The molecule has 0 bridgehead atoms. The van der Waals surface area contributed by atoms with Gasteiger partial charge in [0.1, 0.15) is 29.4 Å². The average molecular weight is 563 g/mol. The van der Waals surface area contributed by atoms with Crippen LogP contribution in [0.25, 0.3) is 16.9 Å². The Kier molecular flexibility index (Phi) is 8.07. The van der Waals surface area contributed by atoms with Crippen LogP contribution in [0.15, 0.2) is 67.0 Å². The second kappa shape index (κ2) is 11.7. The zero-order valence-corrected chi connectivity index (χ0v) is 24.1. The van der Waals surface area contributed by atoms with Crippen LogP contribution in [0.3, 0.4) is 0 Å². The number of fused-ring (bicyclic) bond motifs is 1. The van der Waals surface area contributed by atoms with Crippen molar-refractivity contribution in [2.24, 2.45) is 0 Å². The Labute approximate surface area is 240 Å². The number of rotatable bonds is 6. The first-order chi connectivity index (χ1) is 19.2. The molecule has 40 heavy (non-hydrogen) atoms. The van der Waals surface area contributed by atoms with E-state index in [0.717, 1.165) is 41.1 Å². The molecular weight excluding hydrogens is 528 g/mol. The highest BCUT2D eigenvalue weighted by Gasteiger charge is 2.25. The molecule has 9 heteroatoms. The van der Waals surface area contributed by atoms with Crippen LogP contribution in [-0.2, 0) is 11.3 Å². The summed E-state index contributed by atoms with van der Waals surface area (Å²) in [4.78, 5) is 21.6. The van der Waals surface area contributed by atoms with Crippen LogP contribution in [-0.4, -0.2) is 59.3 Å². The summed E-state index contributed by atoms with van der Waals surface area (Å²) in [6, 6.07) is 17.8. The summed E-state index contributed by atoms with van der Waals surface area (Å²) in [6.07, 6.45) is 4.58. The molecule has 0 N–H and O–H groups in total. The molecule has 2 aromatic carbocycles. The lowest BCUT2D eigenvalue weighted by Crippen LogP contribution is -2.39. The highest BCUT2D eigenvalue weighted by molar-refractivity contribution is 6.32. The second-order valence-corrected chi connectivity index (χ2v) is 11.2. The van der Waals surface area contributed by atoms with Crippen molar-refractivity contribution in [3.8, 4) is 22.8 Å². The molecule has 0 aliphatic carbocycles. The Morgan fingerprint density at radius 2 is 1.80 bits per heavy atom. The van der Waals surface area contributed by atoms with E-state index < -0.39 is 5.60 Å². The zero-order chi connectivity index (χ0) is 28.3. The number of pyridine rings is 1. The first-order valence-corrected chi connectivity index (χ1v) is 13.8. The third-order valence-electron chi connectivity index (χ3n) is 6.72. The van der Waals surface area contributed by atoms with E-state index in [0.29, 0.717) is 42.8 Å². The van der Waals surface area contributed by atoms with Gasteiger partial charge in [0.2, 0.25) is 0 Å². The Morgan fingerprint density at radius 1 is 1.00 bits per heavy atom. The molecular formula is C31H35ClN4O4. The lowest BCUT2D eigenvalue weighted by atomic mass is 10.1. The highest BCUT2D eigenvalue weighted by atomic mass is 35.5. The molecule has 5 rings (SSSR count). The smallest absolute Gasteiger partial charge is 0.410 e. The average Bonchev–Trinajstić information content (AvgIpc) is 3.19. The van der Waals surface area contributed by atoms with Crippen LogP contribution in [0.1, 0.15) is 32.8 Å². The Bertz CT molecular complexity index is 1480. The molecule has 2 aromatic heterocycles. The molecule has 210 valence electrons. The van der Waals surface area contributed by atoms with E-state index >= 15 is 0 Å². The van der Waals surface area contributed by atoms with Crippen molar-refractivity contribution >= 4 is 29.0 Å². The summed E-state index contributed by atoms with van der Waals surface area (Å²) in [5.41, 5.74) is 3.95. The van der Waals surface area contributed by atoms with Crippen LogP contribution in [0.4, 0.5) is 10.5 Å². The summed E-state index contributed by atoms with van der Waals surface area (Å²) in [5, 5.41) is 0.487. The molecule has 3 heterocycles. The molecule has 1 aliphatic rings. The van der Waals surface area contributed by atoms with Gasteiger partial charge in [0.05, 0.1) is 17.8 Å². The minimum atomic E-state index is -0.507. The molecule has 4 aromatic rings. The zero-order valence-electron chi connectivity index (χ0n) is 23.4. The molecule has 8 nitrogen and oxygen atoms in total. The van der Waals surface area contributed by atoms with E-state index in [-0.39, 0.29) is 6.09 Å². The number of nitrogens with zero attached hydrogens (tertiary/aromatic N) is 4. The van der Waals surface area contributed by atoms with Gasteiger partial charge >= 0.3 is 6.09 Å². The van der Waals surface area contributed by atoms with Crippen LogP contribution in [0.2, 0.25) is 5.02 Å². The molecule has 1 aliphatic heterocycles. The number of benzene rings is 2. The molecule has 0 saturated carbocycles. The lowest BCUT2D eigenvalue weighted by molar-refractivity contribution is 0.0263. The minimum absolute atomic E-state index is 0.258. The van der Waals surface area contributed by atoms with E-state index in [1.54, 1.807) is 12.0 Å². The van der Waals surface area contributed by atoms with Crippen molar-refractivity contribution in [3.05, 3.63) is 77.6 Å². The van der Waals surface area contributed by atoms with E-state index in [2.05, 4.69) is 17.0 Å². The van der Waals surface area contributed by atoms with Crippen molar-refractivity contribution in [1.82, 2.24) is 14.3 Å². The number of anilines is 1. The van der Waals surface area contributed by atoms with Crippen LogP contribution in [0.5, 0.6) is 11.5 Å². The maximum absolute atomic E-state index is 12.6. The van der Waals surface area contributed by atoms with Gasteiger partial charge in [-0.1, -0.05) is 41.9 Å². The first-order valence-electron chi connectivity index (χ1n) is 13.5. The number of aromatic nitrogens is 2. The van der Waals surface area contributed by atoms with Gasteiger partial charge < -0.3 is 28.4 Å². The van der Waals surface area contributed by atoms with Crippen LogP contribution >= 0.6 is 11.6 Å². The standard InChI is InChI=1S/C31H35ClN4O4/c1-31(2,3)40-30(37)35-13-8-12-34(15-16-35)23-11-14-36-20-26(33-29(36)17-23)24-18-25(32)28(38-4)19-27(24)39-21-22-9-6-5-7-10-22/h5-7,9-11,14,17-20H,8,12-13,15-16,21H2,1-4H3. The predicted molar refractivity (Wildman–Crippen MR) is 158 cm³/mol. The van der Waals surface area contributed by atoms with E-state index in [4.69, 9.17) is 30.8 Å². The molecule has 0 atom stereocenters. The van der Waals surface area contributed by atoms with Crippen LogP contribution < -0.4 is 14.4 Å². The van der Waals surface area contributed by atoms with Gasteiger partial charge in [-0.05, 0) is 44.9 Å². The fourth-order valence-corrected chi connectivity index (χ4v) is 4.97. The van der Waals surface area contributed by atoms with Crippen molar-refractivity contribution in [2.75, 3.05) is 38.2 Å². The van der Waals surface area contributed by atoms with Gasteiger partial charge in [0.15, 0.2) is 0 Å². The molecule has 1 saturated heterocycles. The fourth-order valence-electron chi connectivity index (χ4n) is 4.73. The number of methoxy groups -OCH3 is 1. The number of halogens is 1. The second-order valence-electron chi connectivity index (χ2n) is 10.8. The quantitative estimate of drug-likeness (QED) is 0.261. The lowest BCUT2D eigenvalue weighted by Gasteiger charge is -2.27. The number of amides is 1. The van der Waals surface area contributed by atoms with E-state index in [9.17, 15) is 4.79 Å². The van der Waals surface area contributed by atoms with Gasteiger partial charge in [-0.15, -0.1) is 0 Å². The molecule has 0 spiro atoms. The Hall–Kier alpha value is -3.91. The highest BCUT2D eigenvalue weighted by Crippen LogP contribution is 2.39. The molecule has 0 radical (unpaired) electrons. The van der Waals surface area contributed by atoms with E-state index in [1.165, 1.54) is 0 Å². The SMILES string of the molecule is COc1cc(OCc2ccccc2)c(-c2cn3ccc(N4CCCN(C(=O)OC(C)(C)C)CC4)cc3n2)cc1Cl. The van der Waals surface area contributed by atoms with Crippen molar-refractivity contribution < 1.29 is 19.0 Å². The van der Waals surface area contributed by atoms with E-state index in [1.807, 2.05) is 80.0 Å². The normalized spacial score (nSPS) is 14.2. The van der Waals surface area contributed by atoms with Gasteiger partial charge in [0, 0.05) is 62.0 Å². The molecule has 0 unspecified atom stereocenters.